The third-order valence-corrected chi connectivity index (χ3v) is 4.08. The number of ketones is 1. The molecule has 2 fully saturated rings. The van der Waals surface area contributed by atoms with Crippen LogP contribution in [0, 0.1) is 17.8 Å². The lowest BCUT2D eigenvalue weighted by molar-refractivity contribution is 0.0951. The van der Waals surface area contributed by atoms with Crippen molar-refractivity contribution in [3.63, 3.8) is 0 Å². The zero-order valence-corrected chi connectivity index (χ0v) is 9.48. The Morgan fingerprint density at radius 3 is 2.38 bits per heavy atom. The molecule has 2 atom stereocenters. The van der Waals surface area contributed by atoms with Crippen LogP contribution in [0.15, 0.2) is 24.3 Å². The van der Waals surface area contributed by atoms with Gasteiger partial charge in [-0.2, -0.15) is 0 Å². The Hall–Kier alpha value is -1.31. The molecule has 0 spiro atoms. The number of ether oxygens (including phenoxy) is 1. The number of Topliss-reactive ketones (excluding diaryl/α,β-unsaturated/α-hetero) is 1. The van der Waals surface area contributed by atoms with Crippen LogP contribution in [0.3, 0.4) is 0 Å². The van der Waals surface area contributed by atoms with Gasteiger partial charge in [0.15, 0.2) is 5.78 Å². The summed E-state index contributed by atoms with van der Waals surface area (Å²) in [5, 5.41) is 0. The van der Waals surface area contributed by atoms with E-state index in [0.717, 1.165) is 11.3 Å². The van der Waals surface area contributed by atoms with Crippen LogP contribution in [0.5, 0.6) is 5.75 Å². The first-order valence-electron chi connectivity index (χ1n) is 5.99. The van der Waals surface area contributed by atoms with Crippen molar-refractivity contribution in [3.8, 4) is 5.75 Å². The molecule has 16 heavy (non-hydrogen) atoms. The monoisotopic (exact) mass is 216 g/mol. The fourth-order valence-electron chi connectivity index (χ4n) is 3.16. The van der Waals surface area contributed by atoms with Gasteiger partial charge in [0.05, 0.1) is 7.11 Å². The van der Waals surface area contributed by atoms with Gasteiger partial charge < -0.3 is 4.74 Å². The molecular weight excluding hydrogens is 200 g/mol. The van der Waals surface area contributed by atoms with E-state index in [0.29, 0.717) is 23.5 Å². The number of methoxy groups -OCH3 is 1. The molecule has 0 aliphatic heterocycles. The van der Waals surface area contributed by atoms with Crippen LogP contribution in [0.1, 0.15) is 29.6 Å². The van der Waals surface area contributed by atoms with E-state index in [-0.39, 0.29) is 0 Å². The van der Waals surface area contributed by atoms with Crippen molar-refractivity contribution >= 4 is 5.78 Å². The maximum atomic E-state index is 12.2. The van der Waals surface area contributed by atoms with Gasteiger partial charge in [-0.25, -0.2) is 0 Å². The molecule has 2 unspecified atom stereocenters. The van der Waals surface area contributed by atoms with Crippen LogP contribution in [0.2, 0.25) is 0 Å². The summed E-state index contributed by atoms with van der Waals surface area (Å²) in [7, 11) is 1.64. The highest BCUT2D eigenvalue weighted by atomic mass is 16.5. The lowest BCUT2D eigenvalue weighted by Gasteiger charge is -2.04. The normalized spacial score (nSPS) is 30.9. The summed E-state index contributed by atoms with van der Waals surface area (Å²) in [6, 6.07) is 7.50. The average molecular weight is 216 g/mol. The molecule has 0 bridgehead atoms. The molecule has 2 aliphatic carbocycles. The highest BCUT2D eigenvalue weighted by Crippen LogP contribution is 2.58. The zero-order chi connectivity index (χ0) is 11.1. The standard InChI is InChI=1S/C14H16O2/c1-16-10-7-5-9(6-8-10)14(15)13-11-3-2-4-12(11)13/h5-8,11-13H,2-4H2,1H3. The predicted octanol–water partition coefficient (Wildman–Crippen LogP) is 2.92. The molecule has 1 aromatic carbocycles. The number of fused-ring (bicyclic) bond motifs is 1. The van der Waals surface area contributed by atoms with E-state index < -0.39 is 0 Å². The second-order valence-corrected chi connectivity index (χ2v) is 4.88. The number of carbonyl (C=O) groups is 1. The maximum absolute atomic E-state index is 12.2. The molecule has 0 aromatic heterocycles. The number of carbonyl (C=O) groups excluding carboxylic acids is 1. The molecule has 1 aromatic rings. The van der Waals surface area contributed by atoms with Crippen molar-refractivity contribution in [2.45, 2.75) is 19.3 Å². The van der Waals surface area contributed by atoms with Crippen molar-refractivity contribution in [2.24, 2.45) is 17.8 Å². The van der Waals surface area contributed by atoms with Gasteiger partial charge in [-0.1, -0.05) is 6.42 Å². The van der Waals surface area contributed by atoms with Gasteiger partial charge in [-0.05, 0) is 48.9 Å². The first kappa shape index (κ1) is 9.88. The third kappa shape index (κ3) is 1.44. The third-order valence-electron chi connectivity index (χ3n) is 4.08. The molecule has 2 heteroatoms. The minimum Gasteiger partial charge on any atom is -0.497 e. The van der Waals surface area contributed by atoms with E-state index in [9.17, 15) is 4.79 Å². The van der Waals surface area contributed by atoms with Gasteiger partial charge in [0, 0.05) is 11.5 Å². The lowest BCUT2D eigenvalue weighted by Crippen LogP contribution is -2.06. The molecule has 0 amide bonds. The quantitative estimate of drug-likeness (QED) is 0.726. The first-order valence-corrected chi connectivity index (χ1v) is 5.99. The summed E-state index contributed by atoms with van der Waals surface area (Å²) < 4.78 is 5.09. The summed E-state index contributed by atoms with van der Waals surface area (Å²) >= 11 is 0. The minimum absolute atomic E-state index is 0.335. The fraction of sp³-hybridized carbons (Fsp3) is 0.500. The Kier molecular flexibility index (Phi) is 2.23. The van der Waals surface area contributed by atoms with Crippen LogP contribution in [-0.2, 0) is 0 Å². The smallest absolute Gasteiger partial charge is 0.166 e. The molecule has 0 N–H and O–H groups in total. The molecular formula is C14H16O2. The van der Waals surface area contributed by atoms with Crippen LogP contribution < -0.4 is 4.74 Å². The van der Waals surface area contributed by atoms with Crippen molar-refractivity contribution in [3.05, 3.63) is 29.8 Å². The SMILES string of the molecule is COc1ccc(C(=O)C2C3CCCC32)cc1. The second kappa shape index (κ2) is 3.62. The Labute approximate surface area is 95.6 Å². The van der Waals surface area contributed by atoms with Gasteiger partial charge in [0.1, 0.15) is 5.75 Å². The molecule has 0 heterocycles. The zero-order valence-electron chi connectivity index (χ0n) is 9.48. The van der Waals surface area contributed by atoms with E-state index in [2.05, 4.69) is 0 Å². The number of benzene rings is 1. The Morgan fingerprint density at radius 1 is 1.19 bits per heavy atom. The molecule has 84 valence electrons. The van der Waals surface area contributed by atoms with Crippen molar-refractivity contribution in [1.82, 2.24) is 0 Å². The Morgan fingerprint density at radius 2 is 1.81 bits per heavy atom. The van der Waals surface area contributed by atoms with Crippen molar-refractivity contribution in [1.29, 1.82) is 0 Å². The summed E-state index contributed by atoms with van der Waals surface area (Å²) in [6.45, 7) is 0. The van der Waals surface area contributed by atoms with E-state index in [1.165, 1.54) is 19.3 Å². The van der Waals surface area contributed by atoms with Crippen molar-refractivity contribution < 1.29 is 9.53 Å². The van der Waals surface area contributed by atoms with Gasteiger partial charge in [0.2, 0.25) is 0 Å². The van der Waals surface area contributed by atoms with E-state index in [1.807, 2.05) is 24.3 Å². The van der Waals surface area contributed by atoms with Crippen molar-refractivity contribution in [2.75, 3.05) is 7.11 Å². The molecule has 2 nitrogen and oxygen atoms in total. The summed E-state index contributed by atoms with van der Waals surface area (Å²) in [6.07, 6.45) is 3.84. The largest absolute Gasteiger partial charge is 0.497 e. The molecule has 0 saturated heterocycles. The highest BCUT2D eigenvalue weighted by molar-refractivity contribution is 6.00. The van der Waals surface area contributed by atoms with E-state index in [4.69, 9.17) is 4.74 Å². The maximum Gasteiger partial charge on any atom is 0.166 e. The summed E-state index contributed by atoms with van der Waals surface area (Å²) in [5.74, 6) is 2.90. The molecule has 0 radical (unpaired) electrons. The van der Waals surface area contributed by atoms with Crippen LogP contribution in [0.4, 0.5) is 0 Å². The minimum atomic E-state index is 0.335. The van der Waals surface area contributed by atoms with Crippen LogP contribution in [0.25, 0.3) is 0 Å². The highest BCUT2D eigenvalue weighted by Gasteiger charge is 2.56. The second-order valence-electron chi connectivity index (χ2n) is 4.88. The van der Waals surface area contributed by atoms with Gasteiger partial charge >= 0.3 is 0 Å². The topological polar surface area (TPSA) is 26.3 Å². The van der Waals surface area contributed by atoms with E-state index >= 15 is 0 Å². The molecule has 3 rings (SSSR count). The molecule has 2 saturated carbocycles. The first-order chi connectivity index (χ1) is 7.81. The van der Waals surface area contributed by atoms with Gasteiger partial charge in [0.25, 0.3) is 0 Å². The number of hydrogen-bond donors (Lipinski definition) is 0. The van der Waals surface area contributed by atoms with Crippen LogP contribution in [-0.4, -0.2) is 12.9 Å². The van der Waals surface area contributed by atoms with Gasteiger partial charge in [-0.15, -0.1) is 0 Å². The molecule has 2 aliphatic rings. The lowest BCUT2D eigenvalue weighted by atomic mass is 10.0. The van der Waals surface area contributed by atoms with Crippen LogP contribution >= 0.6 is 0 Å². The predicted molar refractivity (Wildman–Crippen MR) is 61.6 cm³/mol. The Balaban J connectivity index is 1.75. The number of hydrogen-bond acceptors (Lipinski definition) is 2. The number of rotatable bonds is 3. The average Bonchev–Trinajstić information content (AvgIpc) is 2.81. The fourth-order valence-corrected chi connectivity index (χ4v) is 3.16. The summed E-state index contributed by atoms with van der Waals surface area (Å²) in [4.78, 5) is 12.2. The Bertz CT molecular complexity index is 397. The van der Waals surface area contributed by atoms with E-state index in [1.54, 1.807) is 7.11 Å². The van der Waals surface area contributed by atoms with Gasteiger partial charge in [-0.3, -0.25) is 4.79 Å². The summed E-state index contributed by atoms with van der Waals surface area (Å²) in [5.41, 5.74) is 0.847.